The average molecular weight is 219 g/mol. The lowest BCUT2D eigenvalue weighted by Gasteiger charge is -2.16. The van der Waals surface area contributed by atoms with Crippen LogP contribution >= 0.6 is 0 Å². The van der Waals surface area contributed by atoms with E-state index in [4.69, 9.17) is 10.4 Å². The SMILES string of the molecule is CC.CC(CCO)C(C#N)c1ccccc1. The molecule has 16 heavy (non-hydrogen) atoms. The third-order valence-electron chi connectivity index (χ3n) is 2.45. The number of hydrogen-bond acceptors (Lipinski definition) is 2. The van der Waals surface area contributed by atoms with Crippen molar-refractivity contribution in [1.82, 2.24) is 0 Å². The molecule has 0 spiro atoms. The summed E-state index contributed by atoms with van der Waals surface area (Å²) in [7, 11) is 0. The van der Waals surface area contributed by atoms with Gasteiger partial charge in [0.25, 0.3) is 0 Å². The second-order valence-corrected chi connectivity index (χ2v) is 3.51. The Bertz CT molecular complexity index is 302. The Balaban J connectivity index is 0.00000106. The molecule has 88 valence electrons. The molecular weight excluding hydrogens is 198 g/mol. The first-order chi connectivity index (χ1) is 7.79. The maximum Gasteiger partial charge on any atom is 0.0739 e. The van der Waals surface area contributed by atoms with Crippen LogP contribution in [0.15, 0.2) is 30.3 Å². The topological polar surface area (TPSA) is 44.0 Å². The van der Waals surface area contributed by atoms with Crippen LogP contribution in [0.1, 0.15) is 38.7 Å². The van der Waals surface area contributed by atoms with Gasteiger partial charge in [-0.1, -0.05) is 51.1 Å². The van der Waals surface area contributed by atoms with Gasteiger partial charge in [-0.3, -0.25) is 0 Å². The van der Waals surface area contributed by atoms with Crippen molar-refractivity contribution in [2.75, 3.05) is 6.61 Å². The summed E-state index contributed by atoms with van der Waals surface area (Å²) in [6, 6.07) is 12.0. The summed E-state index contributed by atoms with van der Waals surface area (Å²) in [6.07, 6.45) is 0.674. The first-order valence-electron chi connectivity index (χ1n) is 5.85. The molecule has 0 saturated heterocycles. The highest BCUT2D eigenvalue weighted by molar-refractivity contribution is 5.25. The van der Waals surface area contributed by atoms with E-state index >= 15 is 0 Å². The normalized spacial score (nSPS) is 12.9. The van der Waals surface area contributed by atoms with E-state index in [1.807, 2.05) is 51.1 Å². The number of nitriles is 1. The molecule has 2 atom stereocenters. The first kappa shape index (κ1) is 14.7. The molecule has 0 aliphatic heterocycles. The summed E-state index contributed by atoms with van der Waals surface area (Å²) >= 11 is 0. The van der Waals surface area contributed by atoms with E-state index < -0.39 is 0 Å². The average Bonchev–Trinajstić information content (AvgIpc) is 2.34. The quantitative estimate of drug-likeness (QED) is 0.844. The molecule has 0 heterocycles. The Labute approximate surface area is 98.5 Å². The Hall–Kier alpha value is -1.33. The van der Waals surface area contributed by atoms with Crippen LogP contribution in [0.4, 0.5) is 0 Å². The largest absolute Gasteiger partial charge is 0.396 e. The van der Waals surface area contributed by atoms with E-state index in [2.05, 4.69) is 6.07 Å². The monoisotopic (exact) mass is 219 g/mol. The highest BCUT2D eigenvalue weighted by atomic mass is 16.3. The van der Waals surface area contributed by atoms with Gasteiger partial charge in [0.15, 0.2) is 0 Å². The molecule has 0 bridgehead atoms. The second-order valence-electron chi connectivity index (χ2n) is 3.51. The number of aliphatic hydroxyl groups excluding tert-OH is 1. The van der Waals surface area contributed by atoms with Gasteiger partial charge in [0.2, 0.25) is 0 Å². The van der Waals surface area contributed by atoms with Crippen molar-refractivity contribution < 1.29 is 5.11 Å². The summed E-state index contributed by atoms with van der Waals surface area (Å²) in [5.41, 5.74) is 1.04. The van der Waals surface area contributed by atoms with E-state index in [-0.39, 0.29) is 18.4 Å². The molecule has 0 fully saturated rings. The summed E-state index contributed by atoms with van der Waals surface area (Å²) in [6.45, 7) is 6.14. The molecular formula is C14H21NO. The minimum atomic E-state index is -0.108. The zero-order valence-electron chi connectivity index (χ0n) is 10.4. The van der Waals surface area contributed by atoms with Crippen molar-refractivity contribution in [3.8, 4) is 6.07 Å². The van der Waals surface area contributed by atoms with Gasteiger partial charge in [-0.15, -0.1) is 0 Å². The lowest BCUT2D eigenvalue weighted by atomic mass is 9.87. The summed E-state index contributed by atoms with van der Waals surface area (Å²) in [4.78, 5) is 0. The third kappa shape index (κ3) is 4.46. The number of rotatable bonds is 4. The number of nitrogens with zero attached hydrogens (tertiary/aromatic N) is 1. The second kappa shape index (κ2) is 8.94. The van der Waals surface area contributed by atoms with Crippen LogP contribution in [0.2, 0.25) is 0 Å². The molecule has 1 aromatic carbocycles. The zero-order chi connectivity index (χ0) is 12.4. The third-order valence-corrected chi connectivity index (χ3v) is 2.45. The van der Waals surface area contributed by atoms with Crippen molar-refractivity contribution in [3.05, 3.63) is 35.9 Å². The minimum absolute atomic E-state index is 0.108. The zero-order valence-corrected chi connectivity index (χ0v) is 10.4. The lowest BCUT2D eigenvalue weighted by Crippen LogP contribution is -2.09. The molecule has 1 rings (SSSR count). The summed E-state index contributed by atoms with van der Waals surface area (Å²) < 4.78 is 0. The van der Waals surface area contributed by atoms with Gasteiger partial charge in [0.05, 0.1) is 12.0 Å². The predicted octanol–water partition coefficient (Wildman–Crippen LogP) is 3.34. The van der Waals surface area contributed by atoms with E-state index in [9.17, 15) is 0 Å². The van der Waals surface area contributed by atoms with Crippen LogP contribution in [0.3, 0.4) is 0 Å². The maximum absolute atomic E-state index is 9.04. The van der Waals surface area contributed by atoms with E-state index in [0.717, 1.165) is 5.56 Å². The van der Waals surface area contributed by atoms with Crippen LogP contribution in [0.5, 0.6) is 0 Å². The van der Waals surface area contributed by atoms with Gasteiger partial charge in [-0.25, -0.2) is 0 Å². The van der Waals surface area contributed by atoms with E-state index in [1.165, 1.54) is 0 Å². The molecule has 0 aromatic heterocycles. The van der Waals surface area contributed by atoms with Gasteiger partial charge in [0, 0.05) is 6.61 Å². The fraction of sp³-hybridized carbons (Fsp3) is 0.500. The molecule has 2 heteroatoms. The van der Waals surface area contributed by atoms with Crippen LogP contribution in [-0.2, 0) is 0 Å². The maximum atomic E-state index is 9.04. The Morgan fingerprint density at radius 1 is 1.25 bits per heavy atom. The highest BCUT2D eigenvalue weighted by Crippen LogP contribution is 2.25. The number of benzene rings is 1. The smallest absolute Gasteiger partial charge is 0.0739 e. The molecule has 0 amide bonds. The van der Waals surface area contributed by atoms with Crippen LogP contribution in [-0.4, -0.2) is 11.7 Å². The molecule has 1 N–H and O–H groups in total. The standard InChI is InChI=1S/C12H15NO.C2H6/c1-10(7-8-14)12(9-13)11-5-3-2-4-6-11;1-2/h2-6,10,12,14H,7-8H2,1H3;1-2H3. The molecule has 2 nitrogen and oxygen atoms in total. The molecule has 0 saturated carbocycles. The Morgan fingerprint density at radius 2 is 1.81 bits per heavy atom. The van der Waals surface area contributed by atoms with Gasteiger partial charge >= 0.3 is 0 Å². The van der Waals surface area contributed by atoms with Crippen molar-refractivity contribution in [1.29, 1.82) is 5.26 Å². The van der Waals surface area contributed by atoms with E-state index in [0.29, 0.717) is 6.42 Å². The van der Waals surface area contributed by atoms with Crippen molar-refractivity contribution in [2.45, 2.75) is 33.1 Å². The molecule has 1 aromatic rings. The fourth-order valence-corrected chi connectivity index (χ4v) is 1.56. The van der Waals surface area contributed by atoms with Crippen LogP contribution in [0.25, 0.3) is 0 Å². The van der Waals surface area contributed by atoms with Gasteiger partial charge in [-0.2, -0.15) is 5.26 Å². The fourth-order valence-electron chi connectivity index (χ4n) is 1.56. The van der Waals surface area contributed by atoms with Crippen molar-refractivity contribution in [3.63, 3.8) is 0 Å². The van der Waals surface area contributed by atoms with Crippen molar-refractivity contribution in [2.24, 2.45) is 5.92 Å². The summed E-state index contributed by atoms with van der Waals surface area (Å²) in [5, 5.41) is 17.9. The minimum Gasteiger partial charge on any atom is -0.396 e. The number of hydrogen-bond donors (Lipinski definition) is 1. The molecule has 2 unspecified atom stereocenters. The lowest BCUT2D eigenvalue weighted by molar-refractivity contribution is 0.257. The summed E-state index contributed by atoms with van der Waals surface area (Å²) in [5.74, 6) is 0.0933. The van der Waals surface area contributed by atoms with E-state index in [1.54, 1.807) is 0 Å². The molecule has 0 aliphatic rings. The Morgan fingerprint density at radius 3 is 2.25 bits per heavy atom. The Kier molecular flexibility index (Phi) is 8.19. The number of aliphatic hydroxyl groups is 1. The highest BCUT2D eigenvalue weighted by Gasteiger charge is 2.17. The predicted molar refractivity (Wildman–Crippen MR) is 67.0 cm³/mol. The van der Waals surface area contributed by atoms with Crippen molar-refractivity contribution >= 4 is 0 Å². The van der Waals surface area contributed by atoms with Gasteiger partial charge in [0.1, 0.15) is 0 Å². The molecule has 0 aliphatic carbocycles. The van der Waals surface area contributed by atoms with Crippen LogP contribution < -0.4 is 0 Å². The van der Waals surface area contributed by atoms with Gasteiger partial charge in [-0.05, 0) is 17.9 Å². The molecule has 0 radical (unpaired) electrons. The van der Waals surface area contributed by atoms with Crippen LogP contribution in [0, 0.1) is 17.2 Å². The van der Waals surface area contributed by atoms with Gasteiger partial charge < -0.3 is 5.11 Å². The first-order valence-corrected chi connectivity index (χ1v) is 5.85.